The number of benzene rings is 3. The van der Waals surface area contributed by atoms with Crippen LogP contribution in [0.3, 0.4) is 0 Å². The number of quaternary nitrogens is 1. The Morgan fingerprint density at radius 2 is 1.61 bits per heavy atom. The normalized spacial score (nSPS) is 14.3. The van der Waals surface area contributed by atoms with Gasteiger partial charge in [-0.1, -0.05) is 36.4 Å². The molecule has 1 heterocycles. The van der Waals surface area contributed by atoms with Gasteiger partial charge in [0.2, 0.25) is 0 Å². The molecule has 0 fully saturated rings. The van der Waals surface area contributed by atoms with Crippen LogP contribution in [0.25, 0.3) is 0 Å². The highest BCUT2D eigenvalue weighted by molar-refractivity contribution is 5.65. The summed E-state index contributed by atoms with van der Waals surface area (Å²) in [6.07, 6.45) is 0. The number of hydrogen-bond donors (Lipinski definition) is 1. The number of fused-ring (bicyclic) bond motifs is 1. The van der Waals surface area contributed by atoms with Crippen LogP contribution in [-0.2, 0) is 6.54 Å². The van der Waals surface area contributed by atoms with Crippen LogP contribution < -0.4 is 36.3 Å². The molecule has 0 spiro atoms. The fourth-order valence-corrected chi connectivity index (χ4v) is 3.84. The average molecular weight is 480 g/mol. The van der Waals surface area contributed by atoms with Crippen LogP contribution >= 0.6 is 0 Å². The summed E-state index contributed by atoms with van der Waals surface area (Å²) < 4.78 is 11.7. The maximum Gasteiger partial charge on any atom is 0.161 e. The van der Waals surface area contributed by atoms with E-state index in [1.807, 2.05) is 55.5 Å². The van der Waals surface area contributed by atoms with Gasteiger partial charge in [0.15, 0.2) is 23.9 Å². The van der Waals surface area contributed by atoms with Gasteiger partial charge >= 0.3 is 0 Å². The number of hydrogen-bond acceptors (Lipinski definition) is 4. The molecule has 1 aliphatic heterocycles. The van der Waals surface area contributed by atoms with Gasteiger partial charge in [-0.25, -0.2) is 0 Å². The molecule has 0 aliphatic carbocycles. The highest BCUT2D eigenvalue weighted by atomic mass is 79.9. The Balaban J connectivity index is 0.00000272. The lowest BCUT2D eigenvalue weighted by Gasteiger charge is -2.18. The summed E-state index contributed by atoms with van der Waals surface area (Å²) in [6.45, 7) is 5.77. The lowest BCUT2D eigenvalue weighted by atomic mass is 10.1. The van der Waals surface area contributed by atoms with E-state index < -0.39 is 0 Å². The van der Waals surface area contributed by atoms with E-state index in [1.54, 1.807) is 0 Å². The number of nitrogens with one attached hydrogen (secondary N) is 1. The Morgan fingerprint density at radius 3 is 2.32 bits per heavy atom. The molecule has 6 heteroatoms. The SMILES string of the molecule is CCOc1ccccc1OCC[NH+]1CN(Cc2ccc(C#N)cc2)c2ccccc21.[Br-]. The number of para-hydroxylation sites is 4. The highest BCUT2D eigenvalue weighted by Crippen LogP contribution is 2.28. The standard InChI is InChI=1S/C25H25N3O2.BrH/c1-2-29-24-9-5-6-10-25(24)30-16-15-27-19-28(23-8-4-3-7-22(23)27)18-21-13-11-20(17-26)12-14-21;/h3-14H,2,15-16,18-19H2,1H3;1H. The third-order valence-corrected chi connectivity index (χ3v) is 5.27. The van der Waals surface area contributed by atoms with Gasteiger partial charge in [0, 0.05) is 12.6 Å². The van der Waals surface area contributed by atoms with Crippen molar-refractivity contribution in [1.29, 1.82) is 5.26 Å². The summed E-state index contributed by atoms with van der Waals surface area (Å²) in [5.41, 5.74) is 4.45. The van der Waals surface area contributed by atoms with E-state index in [0.717, 1.165) is 31.3 Å². The van der Waals surface area contributed by atoms with E-state index in [2.05, 4.69) is 35.2 Å². The van der Waals surface area contributed by atoms with E-state index in [1.165, 1.54) is 21.8 Å². The molecule has 0 radical (unpaired) electrons. The molecule has 0 saturated heterocycles. The molecular formula is C25H26BrN3O2. The Morgan fingerprint density at radius 1 is 0.935 bits per heavy atom. The lowest BCUT2D eigenvalue weighted by Crippen LogP contribution is -3.07. The molecule has 1 N–H and O–H groups in total. The average Bonchev–Trinajstić information content (AvgIpc) is 3.13. The predicted octanol–water partition coefficient (Wildman–Crippen LogP) is 0.534. The van der Waals surface area contributed by atoms with Gasteiger partial charge in [0.05, 0.1) is 18.2 Å². The molecule has 0 aromatic heterocycles. The van der Waals surface area contributed by atoms with Crippen molar-refractivity contribution in [1.82, 2.24) is 0 Å². The van der Waals surface area contributed by atoms with Crippen LogP contribution in [0.5, 0.6) is 11.5 Å². The van der Waals surface area contributed by atoms with Crippen molar-refractivity contribution in [3.63, 3.8) is 0 Å². The first-order valence-corrected chi connectivity index (χ1v) is 10.3. The third-order valence-electron chi connectivity index (χ3n) is 5.27. The van der Waals surface area contributed by atoms with E-state index in [0.29, 0.717) is 18.8 Å². The topological polar surface area (TPSA) is 49.9 Å². The largest absolute Gasteiger partial charge is 1.00 e. The van der Waals surface area contributed by atoms with E-state index in [9.17, 15) is 0 Å². The molecule has 1 atom stereocenters. The van der Waals surface area contributed by atoms with Gasteiger partial charge in [-0.3, -0.25) is 4.90 Å². The second-order valence-electron chi connectivity index (χ2n) is 7.26. The number of anilines is 1. The molecule has 5 nitrogen and oxygen atoms in total. The van der Waals surface area contributed by atoms with Crippen molar-refractivity contribution >= 4 is 11.4 Å². The van der Waals surface area contributed by atoms with Crippen LogP contribution in [0.4, 0.5) is 11.4 Å². The van der Waals surface area contributed by atoms with Gasteiger partial charge in [-0.15, -0.1) is 0 Å². The summed E-state index contributed by atoms with van der Waals surface area (Å²) in [7, 11) is 0. The second-order valence-corrected chi connectivity index (χ2v) is 7.26. The molecule has 160 valence electrons. The maximum absolute atomic E-state index is 9.01. The first kappa shape index (κ1) is 22.7. The molecule has 0 bridgehead atoms. The lowest BCUT2D eigenvalue weighted by molar-refractivity contribution is -0.826. The molecule has 4 rings (SSSR count). The van der Waals surface area contributed by atoms with Crippen molar-refractivity contribution in [3.8, 4) is 17.6 Å². The van der Waals surface area contributed by atoms with Crippen molar-refractivity contribution < 1.29 is 31.4 Å². The highest BCUT2D eigenvalue weighted by Gasteiger charge is 2.30. The van der Waals surface area contributed by atoms with Crippen molar-refractivity contribution in [2.45, 2.75) is 13.5 Å². The Labute approximate surface area is 194 Å². The Hall–Kier alpha value is -3.01. The zero-order chi connectivity index (χ0) is 20.8. The summed E-state index contributed by atoms with van der Waals surface area (Å²) in [5.74, 6) is 1.58. The van der Waals surface area contributed by atoms with Crippen LogP contribution in [0.15, 0.2) is 72.8 Å². The quantitative estimate of drug-likeness (QED) is 0.512. The van der Waals surface area contributed by atoms with Crippen LogP contribution in [0.2, 0.25) is 0 Å². The summed E-state index contributed by atoms with van der Waals surface area (Å²) in [6, 6.07) is 26.4. The fourth-order valence-electron chi connectivity index (χ4n) is 3.84. The zero-order valence-electron chi connectivity index (χ0n) is 17.6. The molecule has 3 aromatic carbocycles. The maximum atomic E-state index is 9.01. The number of rotatable bonds is 8. The predicted molar refractivity (Wildman–Crippen MR) is 117 cm³/mol. The van der Waals surface area contributed by atoms with Crippen molar-refractivity contribution in [2.24, 2.45) is 0 Å². The van der Waals surface area contributed by atoms with E-state index in [4.69, 9.17) is 14.7 Å². The van der Waals surface area contributed by atoms with Gasteiger partial charge in [0.25, 0.3) is 0 Å². The number of halogens is 1. The number of nitrogens with zero attached hydrogens (tertiary/aromatic N) is 2. The summed E-state index contributed by atoms with van der Waals surface area (Å²) in [4.78, 5) is 3.77. The minimum atomic E-state index is 0. The molecular weight excluding hydrogens is 454 g/mol. The molecule has 31 heavy (non-hydrogen) atoms. The first-order valence-electron chi connectivity index (χ1n) is 10.3. The van der Waals surface area contributed by atoms with Gasteiger partial charge < -0.3 is 31.4 Å². The second kappa shape index (κ2) is 10.9. The molecule has 3 aromatic rings. The van der Waals surface area contributed by atoms with Gasteiger partial charge in [0.1, 0.15) is 18.8 Å². The Kier molecular flexibility index (Phi) is 7.94. The smallest absolute Gasteiger partial charge is 0.161 e. The monoisotopic (exact) mass is 479 g/mol. The molecule has 0 amide bonds. The van der Waals surface area contributed by atoms with E-state index in [-0.39, 0.29) is 17.0 Å². The van der Waals surface area contributed by atoms with Crippen molar-refractivity contribution in [2.75, 3.05) is 31.3 Å². The first-order chi connectivity index (χ1) is 14.8. The number of nitriles is 1. The minimum absolute atomic E-state index is 0. The number of ether oxygens (including phenoxy) is 2. The van der Waals surface area contributed by atoms with Gasteiger partial charge in [-0.2, -0.15) is 5.26 Å². The van der Waals surface area contributed by atoms with E-state index >= 15 is 0 Å². The third kappa shape index (κ3) is 5.38. The van der Waals surface area contributed by atoms with Crippen LogP contribution in [0, 0.1) is 11.3 Å². The summed E-state index contributed by atoms with van der Waals surface area (Å²) in [5, 5.41) is 9.01. The van der Waals surface area contributed by atoms with Crippen LogP contribution in [-0.4, -0.2) is 26.4 Å². The molecule has 0 saturated carbocycles. The fraction of sp³-hybridized carbons (Fsp3) is 0.240. The minimum Gasteiger partial charge on any atom is -1.00 e. The summed E-state index contributed by atoms with van der Waals surface area (Å²) >= 11 is 0. The van der Waals surface area contributed by atoms with Gasteiger partial charge in [-0.05, 0) is 42.8 Å². The zero-order valence-corrected chi connectivity index (χ0v) is 19.1. The van der Waals surface area contributed by atoms with Crippen molar-refractivity contribution in [3.05, 3.63) is 83.9 Å². The Bertz CT molecular complexity index is 1030. The van der Waals surface area contributed by atoms with Crippen LogP contribution in [0.1, 0.15) is 18.1 Å². The molecule has 1 aliphatic rings. The molecule has 1 unspecified atom stereocenters.